The molecule has 118 valence electrons. The van der Waals surface area contributed by atoms with Crippen molar-refractivity contribution in [2.45, 2.75) is 58.2 Å². The van der Waals surface area contributed by atoms with Crippen molar-refractivity contribution < 1.29 is 4.39 Å². The highest BCUT2D eigenvalue weighted by Gasteiger charge is 2.36. The van der Waals surface area contributed by atoms with Crippen LogP contribution in [-0.2, 0) is 6.54 Å². The molecule has 0 spiro atoms. The molecule has 0 amide bonds. The summed E-state index contributed by atoms with van der Waals surface area (Å²) in [6, 6.07) is 5.73. The molecule has 1 aromatic carbocycles. The molecule has 2 atom stereocenters. The van der Waals surface area contributed by atoms with Gasteiger partial charge in [0.15, 0.2) is 0 Å². The topological polar surface area (TPSA) is 15.3 Å². The Kier molecular flexibility index (Phi) is 5.81. The predicted molar refractivity (Wildman–Crippen MR) is 89.9 cm³/mol. The number of rotatable bonds is 5. The van der Waals surface area contributed by atoms with Gasteiger partial charge in [-0.25, -0.2) is 4.39 Å². The molecule has 1 fully saturated rings. The van der Waals surface area contributed by atoms with Gasteiger partial charge in [-0.1, -0.05) is 36.2 Å². The molecule has 1 saturated heterocycles. The van der Waals surface area contributed by atoms with E-state index in [4.69, 9.17) is 0 Å². The van der Waals surface area contributed by atoms with E-state index in [9.17, 15) is 4.39 Å². The summed E-state index contributed by atoms with van der Waals surface area (Å²) < 4.78 is 15.0. The van der Waals surface area contributed by atoms with Gasteiger partial charge in [0, 0.05) is 41.3 Å². The van der Waals surface area contributed by atoms with Crippen LogP contribution in [0.2, 0.25) is 0 Å². The Hall–Kier alpha value is -0.450. The van der Waals surface area contributed by atoms with Crippen LogP contribution in [-0.4, -0.2) is 29.6 Å². The molecule has 2 rings (SSSR count). The number of nitrogens with zero attached hydrogens (tertiary/aromatic N) is 1. The normalized spacial score (nSPS) is 27.0. The number of benzene rings is 1. The van der Waals surface area contributed by atoms with Gasteiger partial charge in [0.25, 0.3) is 0 Å². The molecule has 1 aromatic rings. The van der Waals surface area contributed by atoms with Crippen LogP contribution in [0.15, 0.2) is 22.7 Å². The van der Waals surface area contributed by atoms with Gasteiger partial charge >= 0.3 is 0 Å². The average molecular weight is 357 g/mol. The van der Waals surface area contributed by atoms with Gasteiger partial charge in [-0.15, -0.1) is 0 Å². The Balaban J connectivity index is 2.18. The standard InChI is InChI=1S/C17H26BrFN2/c1-4-6-15-11-21(17(3,5-2)12-20-15)10-13-9-14(18)7-8-16(13)19/h7-9,15,20H,4-6,10-12H2,1-3H3. The molecule has 0 aromatic heterocycles. The van der Waals surface area contributed by atoms with Crippen LogP contribution in [0.25, 0.3) is 0 Å². The molecular formula is C17H26BrFN2. The second-order valence-corrected chi connectivity index (χ2v) is 7.25. The van der Waals surface area contributed by atoms with Crippen molar-refractivity contribution in [3.05, 3.63) is 34.1 Å². The minimum absolute atomic E-state index is 0.0962. The second-order valence-electron chi connectivity index (χ2n) is 6.33. The Bertz CT molecular complexity index is 480. The van der Waals surface area contributed by atoms with E-state index < -0.39 is 0 Å². The number of halogens is 2. The first-order valence-corrected chi connectivity index (χ1v) is 8.70. The molecule has 1 aliphatic heterocycles. The lowest BCUT2D eigenvalue weighted by molar-refractivity contribution is 0.0388. The molecule has 4 heteroatoms. The molecule has 2 unspecified atom stereocenters. The Labute approximate surface area is 136 Å². The van der Waals surface area contributed by atoms with Crippen molar-refractivity contribution in [2.75, 3.05) is 13.1 Å². The Morgan fingerprint density at radius 3 is 2.86 bits per heavy atom. The van der Waals surface area contributed by atoms with Gasteiger partial charge in [0.05, 0.1) is 0 Å². The predicted octanol–water partition coefficient (Wildman–Crippen LogP) is 4.33. The molecule has 0 bridgehead atoms. The van der Waals surface area contributed by atoms with Crippen LogP contribution in [0, 0.1) is 5.82 Å². The SMILES string of the molecule is CCCC1CN(Cc2cc(Br)ccc2F)C(C)(CC)CN1. The van der Waals surface area contributed by atoms with E-state index in [0.717, 1.165) is 29.5 Å². The summed E-state index contributed by atoms with van der Waals surface area (Å²) in [4.78, 5) is 2.45. The minimum Gasteiger partial charge on any atom is -0.311 e. The molecule has 1 aliphatic rings. The average Bonchev–Trinajstić information content (AvgIpc) is 2.47. The summed E-state index contributed by atoms with van der Waals surface area (Å²) in [6.45, 7) is 9.35. The highest BCUT2D eigenvalue weighted by molar-refractivity contribution is 9.10. The Morgan fingerprint density at radius 1 is 1.43 bits per heavy atom. The summed E-state index contributed by atoms with van der Waals surface area (Å²) in [5.41, 5.74) is 0.875. The highest BCUT2D eigenvalue weighted by atomic mass is 79.9. The zero-order chi connectivity index (χ0) is 15.5. The van der Waals surface area contributed by atoms with Gasteiger partial charge in [-0.3, -0.25) is 4.90 Å². The summed E-state index contributed by atoms with van der Waals surface area (Å²) in [7, 11) is 0. The van der Waals surface area contributed by atoms with E-state index in [0.29, 0.717) is 12.6 Å². The lowest BCUT2D eigenvalue weighted by Gasteiger charge is -2.48. The third kappa shape index (κ3) is 4.05. The summed E-state index contributed by atoms with van der Waals surface area (Å²) >= 11 is 3.45. The van der Waals surface area contributed by atoms with E-state index >= 15 is 0 Å². The van der Waals surface area contributed by atoms with Crippen molar-refractivity contribution >= 4 is 15.9 Å². The fraction of sp³-hybridized carbons (Fsp3) is 0.647. The largest absolute Gasteiger partial charge is 0.311 e. The fourth-order valence-electron chi connectivity index (χ4n) is 3.04. The first kappa shape index (κ1) is 16.9. The van der Waals surface area contributed by atoms with Gasteiger partial charge in [-0.05, 0) is 38.0 Å². The van der Waals surface area contributed by atoms with Crippen LogP contribution in [0.1, 0.15) is 45.6 Å². The van der Waals surface area contributed by atoms with Gasteiger partial charge in [0.2, 0.25) is 0 Å². The van der Waals surface area contributed by atoms with Crippen LogP contribution in [0.3, 0.4) is 0 Å². The second kappa shape index (κ2) is 7.21. The van der Waals surface area contributed by atoms with Crippen molar-refractivity contribution in [2.24, 2.45) is 0 Å². The fourth-order valence-corrected chi connectivity index (χ4v) is 3.45. The van der Waals surface area contributed by atoms with E-state index in [1.165, 1.54) is 12.8 Å². The first-order chi connectivity index (χ1) is 9.98. The van der Waals surface area contributed by atoms with Crippen LogP contribution >= 0.6 is 15.9 Å². The van der Waals surface area contributed by atoms with Crippen LogP contribution in [0.5, 0.6) is 0 Å². The van der Waals surface area contributed by atoms with Crippen molar-refractivity contribution in [3.8, 4) is 0 Å². The van der Waals surface area contributed by atoms with Crippen molar-refractivity contribution in [1.29, 1.82) is 0 Å². The van der Waals surface area contributed by atoms with Gasteiger partial charge in [0.1, 0.15) is 5.82 Å². The number of nitrogens with one attached hydrogen (secondary N) is 1. The maximum absolute atomic E-state index is 14.1. The lowest BCUT2D eigenvalue weighted by Crippen LogP contribution is -2.62. The Morgan fingerprint density at radius 2 is 2.19 bits per heavy atom. The molecule has 21 heavy (non-hydrogen) atoms. The lowest BCUT2D eigenvalue weighted by atomic mass is 9.90. The summed E-state index contributed by atoms with van der Waals surface area (Å²) in [6.07, 6.45) is 3.42. The third-order valence-electron chi connectivity index (χ3n) is 4.74. The molecule has 0 saturated carbocycles. The summed E-state index contributed by atoms with van der Waals surface area (Å²) in [5.74, 6) is -0.109. The quantitative estimate of drug-likeness (QED) is 0.844. The zero-order valence-corrected chi connectivity index (χ0v) is 14.8. The number of hydrogen-bond acceptors (Lipinski definition) is 2. The van der Waals surface area contributed by atoms with Gasteiger partial charge < -0.3 is 5.32 Å². The minimum atomic E-state index is -0.109. The van der Waals surface area contributed by atoms with Gasteiger partial charge in [-0.2, -0.15) is 0 Å². The monoisotopic (exact) mass is 356 g/mol. The maximum Gasteiger partial charge on any atom is 0.127 e. The van der Waals surface area contributed by atoms with Crippen LogP contribution < -0.4 is 5.32 Å². The maximum atomic E-state index is 14.1. The van der Waals surface area contributed by atoms with Crippen molar-refractivity contribution in [1.82, 2.24) is 10.2 Å². The molecule has 1 heterocycles. The summed E-state index contributed by atoms with van der Waals surface area (Å²) in [5, 5.41) is 3.66. The molecule has 2 nitrogen and oxygen atoms in total. The zero-order valence-electron chi connectivity index (χ0n) is 13.3. The first-order valence-electron chi connectivity index (χ1n) is 7.91. The van der Waals surface area contributed by atoms with E-state index in [-0.39, 0.29) is 11.4 Å². The smallest absolute Gasteiger partial charge is 0.127 e. The van der Waals surface area contributed by atoms with E-state index in [1.807, 2.05) is 6.07 Å². The van der Waals surface area contributed by atoms with E-state index in [1.54, 1.807) is 12.1 Å². The van der Waals surface area contributed by atoms with Crippen LogP contribution in [0.4, 0.5) is 4.39 Å². The number of piperazine rings is 1. The van der Waals surface area contributed by atoms with Crippen molar-refractivity contribution in [3.63, 3.8) is 0 Å². The molecule has 1 N–H and O–H groups in total. The molecular weight excluding hydrogens is 331 g/mol. The highest BCUT2D eigenvalue weighted by Crippen LogP contribution is 2.27. The molecule has 0 aliphatic carbocycles. The third-order valence-corrected chi connectivity index (χ3v) is 5.24. The van der Waals surface area contributed by atoms with E-state index in [2.05, 4.69) is 46.9 Å². The molecule has 0 radical (unpaired) electrons. The number of hydrogen-bond donors (Lipinski definition) is 1.